The zero-order chi connectivity index (χ0) is 36.4. The highest BCUT2D eigenvalue weighted by Gasteiger charge is 2.33. The second-order valence-electron chi connectivity index (χ2n) is 9.28. The second-order valence-corrected chi connectivity index (χ2v) is 9.55. The van der Waals surface area contributed by atoms with Gasteiger partial charge in [-0.1, -0.05) is 55.0 Å². The third-order valence-electron chi connectivity index (χ3n) is 4.77. The van der Waals surface area contributed by atoms with Crippen LogP contribution in [0.5, 0.6) is 0 Å². The number of halogens is 10. The van der Waals surface area contributed by atoms with Crippen LogP contribution in [0, 0.1) is 0 Å². The number of hydrogen-bond acceptors (Lipinski definition) is 3. The van der Waals surface area contributed by atoms with E-state index < -0.39 is 47.1 Å². The molecule has 0 heterocycles. The summed E-state index contributed by atoms with van der Waals surface area (Å²) in [7, 11) is 0. The Hall–Kier alpha value is -2.80. The van der Waals surface area contributed by atoms with Crippen LogP contribution in [0.25, 0.3) is 0 Å². The van der Waals surface area contributed by atoms with Crippen molar-refractivity contribution in [3.05, 3.63) is 84.6 Å². The predicted octanol–water partition coefficient (Wildman–Crippen LogP) is 10.7. The Bertz CT molecular complexity index is 1020. The average molecular weight is 694 g/mol. The summed E-state index contributed by atoms with van der Waals surface area (Å²) in [5, 5.41) is 9.02. The number of ketones is 2. The molecule has 0 aliphatic heterocycles. The minimum Gasteiger partial charge on any atom is -0.385 e. The largest absolute Gasteiger partial charge is 0.412 e. The van der Waals surface area contributed by atoms with Crippen LogP contribution >= 0.6 is 11.6 Å². The average Bonchev–Trinajstić information content (AvgIpc) is 2.89. The summed E-state index contributed by atoms with van der Waals surface area (Å²) in [6, 6.07) is 0. The Morgan fingerprint density at radius 3 is 1.26 bits per heavy atom. The van der Waals surface area contributed by atoms with Crippen molar-refractivity contribution in [3.8, 4) is 0 Å². The van der Waals surface area contributed by atoms with E-state index in [1.165, 1.54) is 31.2 Å². The van der Waals surface area contributed by atoms with Gasteiger partial charge in [0, 0.05) is 25.1 Å². The van der Waals surface area contributed by atoms with Crippen LogP contribution in [0.2, 0.25) is 0 Å². The molecule has 0 rings (SSSR count). The highest BCUT2D eigenvalue weighted by atomic mass is 35.5. The number of carbonyl (C=O) groups is 2. The van der Waals surface area contributed by atoms with Gasteiger partial charge in [0.05, 0.1) is 5.88 Å². The van der Waals surface area contributed by atoms with Crippen LogP contribution in [0.4, 0.5) is 39.5 Å². The zero-order valence-corrected chi connectivity index (χ0v) is 27.6. The van der Waals surface area contributed by atoms with Crippen molar-refractivity contribution in [3.63, 3.8) is 0 Å². The van der Waals surface area contributed by atoms with Gasteiger partial charge in [0.2, 0.25) is 0 Å². The van der Waals surface area contributed by atoms with Crippen molar-refractivity contribution in [2.24, 2.45) is 0 Å². The lowest BCUT2D eigenvalue weighted by atomic mass is 10.1. The fourth-order valence-electron chi connectivity index (χ4n) is 2.51. The first-order valence-electron chi connectivity index (χ1n) is 13.4. The molecule has 14 heteroatoms. The third-order valence-corrected chi connectivity index (χ3v) is 5.15. The summed E-state index contributed by atoms with van der Waals surface area (Å²) in [6.45, 7) is 17.7. The summed E-state index contributed by atoms with van der Waals surface area (Å²) in [4.78, 5) is 20.3. The first-order chi connectivity index (χ1) is 20.5. The highest BCUT2D eigenvalue weighted by Crippen LogP contribution is 2.30. The number of alkyl halides is 10. The molecule has 0 unspecified atom stereocenters. The van der Waals surface area contributed by atoms with Crippen LogP contribution in [0.1, 0.15) is 73.1 Å². The molecular formula is C32H44BClF9O3. The molecule has 0 aliphatic carbocycles. The molecule has 0 aromatic rings. The van der Waals surface area contributed by atoms with E-state index in [9.17, 15) is 49.1 Å². The number of Topliss-reactive ketones (excluding diaryl/α,β-unsaturated/α-hetero) is 2. The van der Waals surface area contributed by atoms with Gasteiger partial charge in [-0.05, 0) is 66.2 Å². The Morgan fingerprint density at radius 1 is 0.696 bits per heavy atom. The molecule has 0 saturated carbocycles. The number of aliphatic hydroxyl groups is 1. The third kappa shape index (κ3) is 34.1. The molecule has 0 aliphatic rings. The zero-order valence-electron chi connectivity index (χ0n) is 26.8. The predicted molar refractivity (Wildman–Crippen MR) is 170 cm³/mol. The van der Waals surface area contributed by atoms with Crippen molar-refractivity contribution in [2.75, 3.05) is 5.88 Å². The summed E-state index contributed by atoms with van der Waals surface area (Å²) in [6.07, 6.45) is -5.75. The fraction of sp³-hybridized carbons (Fsp3) is 0.500. The van der Waals surface area contributed by atoms with E-state index in [1.807, 2.05) is 13.8 Å². The van der Waals surface area contributed by atoms with Crippen molar-refractivity contribution >= 4 is 31.6 Å². The molecule has 0 bridgehead atoms. The summed E-state index contributed by atoms with van der Waals surface area (Å²) in [5.74, 6) is -0.391. The molecule has 3 radical (unpaired) electrons. The molecule has 263 valence electrons. The van der Waals surface area contributed by atoms with Gasteiger partial charge < -0.3 is 5.11 Å². The number of rotatable bonds is 13. The second kappa shape index (κ2) is 28.4. The molecular weight excluding hydrogens is 650 g/mol. The summed E-state index contributed by atoms with van der Waals surface area (Å²) in [5.41, 5.74) is -0.806. The number of hydrogen-bond donors (Lipinski definition) is 1. The molecule has 46 heavy (non-hydrogen) atoms. The van der Waals surface area contributed by atoms with Gasteiger partial charge in [-0.25, -0.2) is 0 Å². The van der Waals surface area contributed by atoms with Crippen LogP contribution in [0.3, 0.4) is 0 Å². The molecule has 0 fully saturated rings. The van der Waals surface area contributed by atoms with Gasteiger partial charge in [-0.15, -0.1) is 31.3 Å². The lowest BCUT2D eigenvalue weighted by Gasteiger charge is -2.10. The molecule has 1 N–H and O–H groups in total. The Kier molecular flexibility index (Phi) is 32.6. The van der Waals surface area contributed by atoms with E-state index in [-0.39, 0.29) is 45.8 Å². The van der Waals surface area contributed by atoms with Crippen molar-refractivity contribution < 1.29 is 54.2 Å². The van der Waals surface area contributed by atoms with Crippen molar-refractivity contribution in [1.82, 2.24) is 0 Å². The van der Waals surface area contributed by atoms with Crippen LogP contribution < -0.4 is 0 Å². The monoisotopic (exact) mass is 693 g/mol. The molecule has 0 saturated heterocycles. The Labute approximate surface area is 273 Å². The van der Waals surface area contributed by atoms with Crippen LogP contribution in [-0.2, 0) is 9.59 Å². The first-order valence-corrected chi connectivity index (χ1v) is 14.0. The van der Waals surface area contributed by atoms with E-state index in [0.29, 0.717) is 12.8 Å². The van der Waals surface area contributed by atoms with Crippen LogP contribution in [0.15, 0.2) is 84.6 Å². The topological polar surface area (TPSA) is 54.4 Å². The van der Waals surface area contributed by atoms with Gasteiger partial charge in [-0.2, -0.15) is 39.5 Å². The highest BCUT2D eigenvalue weighted by molar-refractivity contribution is 6.27. The van der Waals surface area contributed by atoms with Crippen molar-refractivity contribution in [1.29, 1.82) is 0 Å². The standard InChI is InChI=1S/C11H15F3.C10H13F3O2.C8H11F3.C3H5ClO.B/c1-4-6-10(11(12,13)14)8-5-7-9(2)3;1-3-4-8(10(11,12)13)5-6-9(15)7(2)14;1-3-5-7(6-4-2)8(9,10)11;1-3(5)2-4;/h4,7-8H,1,5-6H2,2-3H3;3,5,9,15H,1,4,6H2,2H3;3,6H,1,4-5H2,2H3;2H2,1H3;/b10-8+;8-5+;7-6+;;/t;9-;;;/m.0.../s1. The van der Waals surface area contributed by atoms with E-state index in [1.54, 1.807) is 13.0 Å². The molecule has 0 spiro atoms. The maximum Gasteiger partial charge on any atom is 0.412 e. The SMILES string of the molecule is C=CC/C(=C\CC)C(F)(F)F.C=CC/C(=C\CC=C(C)C)C(F)(F)F.C=CC/C(=C\C[C@H](O)C(C)=O)C(F)(F)F.CC(=O)CCl.[B]. The minimum atomic E-state index is -4.44. The Morgan fingerprint density at radius 2 is 1.02 bits per heavy atom. The van der Waals surface area contributed by atoms with E-state index in [4.69, 9.17) is 16.7 Å². The maximum absolute atomic E-state index is 12.3. The smallest absolute Gasteiger partial charge is 0.385 e. The Balaban J connectivity index is -0.000000170. The minimum absolute atomic E-state index is 0. The normalized spacial score (nSPS) is 12.7. The van der Waals surface area contributed by atoms with Gasteiger partial charge in [-0.3, -0.25) is 9.59 Å². The van der Waals surface area contributed by atoms with E-state index in [0.717, 1.165) is 24.6 Å². The van der Waals surface area contributed by atoms with Gasteiger partial charge in [0.25, 0.3) is 0 Å². The van der Waals surface area contributed by atoms with Crippen LogP contribution in [-0.4, -0.2) is 55.6 Å². The summed E-state index contributed by atoms with van der Waals surface area (Å²) < 4.78 is 110. The van der Waals surface area contributed by atoms with E-state index >= 15 is 0 Å². The summed E-state index contributed by atoms with van der Waals surface area (Å²) >= 11 is 4.99. The molecule has 0 aromatic carbocycles. The molecule has 1 atom stereocenters. The number of carbonyl (C=O) groups excluding carboxylic acids is 2. The van der Waals surface area contributed by atoms with Gasteiger partial charge in [0.1, 0.15) is 11.9 Å². The first kappa shape index (κ1) is 52.7. The number of aliphatic hydroxyl groups excluding tert-OH is 1. The molecule has 3 nitrogen and oxygen atoms in total. The fourth-order valence-corrected chi connectivity index (χ4v) is 2.51. The maximum atomic E-state index is 12.3. The van der Waals surface area contributed by atoms with Gasteiger partial charge >= 0.3 is 18.5 Å². The lowest BCUT2D eigenvalue weighted by Crippen LogP contribution is -2.17. The molecule has 0 amide bonds. The number of allylic oxidation sites excluding steroid dienone is 10. The van der Waals surface area contributed by atoms with Crippen molar-refractivity contribution in [2.45, 2.75) is 97.8 Å². The quantitative estimate of drug-likeness (QED) is 0.0904. The van der Waals surface area contributed by atoms with E-state index in [2.05, 4.69) is 19.7 Å². The molecule has 0 aromatic heterocycles. The lowest BCUT2D eigenvalue weighted by molar-refractivity contribution is -0.124. The van der Waals surface area contributed by atoms with Gasteiger partial charge in [0.15, 0.2) is 5.78 Å².